The monoisotopic (exact) mass is 340 g/mol. The van der Waals surface area contributed by atoms with Crippen LogP contribution in [0.2, 0.25) is 0 Å². The van der Waals surface area contributed by atoms with Crippen LogP contribution in [-0.2, 0) is 16.1 Å². The normalized spacial score (nSPS) is 16.4. The zero-order valence-corrected chi connectivity index (χ0v) is 14.4. The molecule has 0 bridgehead atoms. The van der Waals surface area contributed by atoms with E-state index in [0.717, 1.165) is 29.8 Å². The highest BCUT2D eigenvalue weighted by Gasteiger charge is 2.22. The molecule has 5 heteroatoms. The molecule has 132 valence electrons. The number of benzene rings is 2. The highest BCUT2D eigenvalue weighted by Crippen LogP contribution is 2.22. The van der Waals surface area contributed by atoms with Crippen molar-refractivity contribution >= 4 is 5.91 Å². The van der Waals surface area contributed by atoms with E-state index < -0.39 is 0 Å². The third-order valence-electron chi connectivity index (χ3n) is 4.59. The number of ether oxygens (including phenoxy) is 1. The summed E-state index contributed by atoms with van der Waals surface area (Å²) in [7, 11) is 0. The van der Waals surface area contributed by atoms with Crippen LogP contribution in [0.5, 0.6) is 5.75 Å². The van der Waals surface area contributed by atoms with Crippen molar-refractivity contribution in [3.63, 3.8) is 0 Å². The van der Waals surface area contributed by atoms with Gasteiger partial charge in [0, 0.05) is 19.6 Å². The maximum Gasteiger partial charge on any atom is 0.237 e. The second-order valence-electron chi connectivity index (χ2n) is 6.29. The fourth-order valence-corrected chi connectivity index (χ4v) is 2.94. The predicted octanol–water partition coefficient (Wildman–Crippen LogP) is 2.40. The average molecular weight is 340 g/mol. The van der Waals surface area contributed by atoms with Gasteiger partial charge in [-0.15, -0.1) is 0 Å². The molecule has 0 aromatic heterocycles. The quantitative estimate of drug-likeness (QED) is 0.877. The number of hydrogen-bond acceptors (Lipinski definition) is 4. The Balaban J connectivity index is 1.54. The van der Waals surface area contributed by atoms with Gasteiger partial charge < -0.3 is 15.2 Å². The maximum absolute atomic E-state index is 12.3. The van der Waals surface area contributed by atoms with Crippen LogP contribution in [0.3, 0.4) is 0 Å². The van der Waals surface area contributed by atoms with Crippen LogP contribution in [0, 0.1) is 0 Å². The molecule has 0 aliphatic carbocycles. The van der Waals surface area contributed by atoms with E-state index in [0.29, 0.717) is 19.8 Å². The van der Waals surface area contributed by atoms with E-state index in [1.807, 2.05) is 43.3 Å². The SMILES string of the molecule is C[C@@H](C(=O)NCc1ccc(-c2ccc(O)cc2)cc1)N1CCOCC1. The number of rotatable bonds is 5. The first-order valence-electron chi connectivity index (χ1n) is 8.61. The van der Waals surface area contributed by atoms with Crippen molar-refractivity contribution < 1.29 is 14.6 Å². The summed E-state index contributed by atoms with van der Waals surface area (Å²) in [6.07, 6.45) is 0. The van der Waals surface area contributed by atoms with E-state index in [9.17, 15) is 9.90 Å². The number of aromatic hydroxyl groups is 1. The van der Waals surface area contributed by atoms with E-state index >= 15 is 0 Å². The van der Waals surface area contributed by atoms with Crippen LogP contribution in [-0.4, -0.2) is 48.3 Å². The summed E-state index contributed by atoms with van der Waals surface area (Å²) in [5.41, 5.74) is 3.19. The van der Waals surface area contributed by atoms with Gasteiger partial charge in [-0.25, -0.2) is 0 Å². The maximum atomic E-state index is 12.3. The minimum absolute atomic E-state index is 0.0458. The molecule has 1 aliphatic rings. The molecule has 1 fully saturated rings. The number of morpholine rings is 1. The molecule has 25 heavy (non-hydrogen) atoms. The highest BCUT2D eigenvalue weighted by atomic mass is 16.5. The number of phenols is 1. The van der Waals surface area contributed by atoms with Crippen molar-refractivity contribution in [1.82, 2.24) is 10.2 Å². The van der Waals surface area contributed by atoms with Crippen molar-refractivity contribution in [3.05, 3.63) is 54.1 Å². The Morgan fingerprint density at radius 3 is 2.24 bits per heavy atom. The fraction of sp³-hybridized carbons (Fsp3) is 0.350. The summed E-state index contributed by atoms with van der Waals surface area (Å²) in [5, 5.41) is 12.4. The molecule has 0 unspecified atom stereocenters. The first kappa shape index (κ1) is 17.5. The third kappa shape index (κ3) is 4.59. The lowest BCUT2D eigenvalue weighted by Gasteiger charge is -2.31. The number of carbonyl (C=O) groups is 1. The summed E-state index contributed by atoms with van der Waals surface area (Å²) >= 11 is 0. The molecule has 2 aromatic carbocycles. The van der Waals surface area contributed by atoms with Gasteiger partial charge in [-0.2, -0.15) is 0 Å². The van der Waals surface area contributed by atoms with Crippen molar-refractivity contribution in [2.75, 3.05) is 26.3 Å². The van der Waals surface area contributed by atoms with E-state index in [-0.39, 0.29) is 17.7 Å². The second-order valence-corrected chi connectivity index (χ2v) is 6.29. The lowest BCUT2D eigenvalue weighted by Crippen LogP contribution is -2.49. The Hall–Kier alpha value is -2.37. The molecule has 0 spiro atoms. The van der Waals surface area contributed by atoms with Crippen molar-refractivity contribution in [1.29, 1.82) is 0 Å². The number of nitrogens with zero attached hydrogens (tertiary/aromatic N) is 1. The molecule has 5 nitrogen and oxygen atoms in total. The van der Waals surface area contributed by atoms with Gasteiger partial charge >= 0.3 is 0 Å². The number of carbonyl (C=O) groups excluding carboxylic acids is 1. The molecule has 1 heterocycles. The fourth-order valence-electron chi connectivity index (χ4n) is 2.94. The van der Waals surface area contributed by atoms with Gasteiger partial charge in [0.2, 0.25) is 5.91 Å². The number of phenolic OH excluding ortho intramolecular Hbond substituents is 1. The molecule has 3 rings (SSSR count). The van der Waals surface area contributed by atoms with Gasteiger partial charge in [0.05, 0.1) is 19.3 Å². The van der Waals surface area contributed by atoms with Gasteiger partial charge in [-0.1, -0.05) is 36.4 Å². The van der Waals surface area contributed by atoms with E-state index in [1.165, 1.54) is 0 Å². The predicted molar refractivity (Wildman–Crippen MR) is 97.2 cm³/mol. The molecule has 0 saturated carbocycles. The van der Waals surface area contributed by atoms with E-state index in [4.69, 9.17) is 4.74 Å². The highest BCUT2D eigenvalue weighted by molar-refractivity contribution is 5.81. The molecule has 2 aromatic rings. The Morgan fingerprint density at radius 2 is 1.64 bits per heavy atom. The largest absolute Gasteiger partial charge is 0.508 e. The average Bonchev–Trinajstić information content (AvgIpc) is 2.67. The summed E-state index contributed by atoms with van der Waals surface area (Å²) in [4.78, 5) is 14.5. The number of nitrogens with one attached hydrogen (secondary N) is 1. The molecular weight excluding hydrogens is 316 g/mol. The Kier molecular flexibility index (Phi) is 5.68. The van der Waals surface area contributed by atoms with Crippen LogP contribution in [0.15, 0.2) is 48.5 Å². The zero-order valence-electron chi connectivity index (χ0n) is 14.4. The van der Waals surface area contributed by atoms with Gasteiger partial charge in [-0.3, -0.25) is 9.69 Å². The topological polar surface area (TPSA) is 61.8 Å². The van der Waals surface area contributed by atoms with Gasteiger partial charge in [-0.05, 0) is 35.7 Å². The Labute approximate surface area is 148 Å². The third-order valence-corrected chi connectivity index (χ3v) is 4.59. The second kappa shape index (κ2) is 8.14. The van der Waals surface area contributed by atoms with E-state index in [2.05, 4.69) is 10.2 Å². The minimum atomic E-state index is -0.139. The summed E-state index contributed by atoms with van der Waals surface area (Å²) < 4.78 is 5.33. The first-order chi connectivity index (χ1) is 12.1. The lowest BCUT2D eigenvalue weighted by atomic mass is 10.0. The molecule has 1 saturated heterocycles. The molecule has 1 aliphatic heterocycles. The van der Waals surface area contributed by atoms with Crippen molar-refractivity contribution in [2.45, 2.75) is 19.5 Å². The lowest BCUT2D eigenvalue weighted by molar-refractivity contribution is -0.127. The van der Waals surface area contributed by atoms with Gasteiger partial charge in [0.25, 0.3) is 0 Å². The first-order valence-corrected chi connectivity index (χ1v) is 8.61. The summed E-state index contributed by atoms with van der Waals surface area (Å²) in [6, 6.07) is 15.1. The van der Waals surface area contributed by atoms with Crippen molar-refractivity contribution in [3.8, 4) is 16.9 Å². The van der Waals surface area contributed by atoms with Crippen LogP contribution in [0.4, 0.5) is 0 Å². The Bertz CT molecular complexity index is 692. The molecule has 0 radical (unpaired) electrons. The van der Waals surface area contributed by atoms with Gasteiger partial charge in [0.15, 0.2) is 0 Å². The van der Waals surface area contributed by atoms with Gasteiger partial charge in [0.1, 0.15) is 5.75 Å². The smallest absolute Gasteiger partial charge is 0.237 e. The minimum Gasteiger partial charge on any atom is -0.508 e. The van der Waals surface area contributed by atoms with Crippen LogP contribution >= 0.6 is 0 Å². The molecular formula is C20H24N2O3. The number of hydrogen-bond donors (Lipinski definition) is 2. The standard InChI is InChI=1S/C20H24N2O3/c1-15(22-10-12-25-13-11-22)20(24)21-14-16-2-4-17(5-3-16)18-6-8-19(23)9-7-18/h2-9,15,23H,10-14H2,1H3,(H,21,24)/t15-/m0/s1. The molecule has 1 atom stereocenters. The summed E-state index contributed by atoms with van der Waals surface area (Å²) in [5.74, 6) is 0.307. The summed E-state index contributed by atoms with van der Waals surface area (Å²) in [6.45, 7) is 5.44. The Morgan fingerprint density at radius 1 is 1.08 bits per heavy atom. The van der Waals surface area contributed by atoms with E-state index in [1.54, 1.807) is 12.1 Å². The van der Waals surface area contributed by atoms with Crippen molar-refractivity contribution in [2.24, 2.45) is 0 Å². The van der Waals surface area contributed by atoms with Crippen LogP contribution < -0.4 is 5.32 Å². The molecule has 1 amide bonds. The number of amides is 1. The van der Waals surface area contributed by atoms with Crippen LogP contribution in [0.25, 0.3) is 11.1 Å². The van der Waals surface area contributed by atoms with Crippen LogP contribution in [0.1, 0.15) is 12.5 Å². The molecule has 2 N–H and O–H groups in total. The zero-order chi connectivity index (χ0) is 17.6.